The van der Waals surface area contributed by atoms with Crippen LogP contribution in [-0.4, -0.2) is 53.4 Å². The molecule has 0 bridgehead atoms. The lowest BCUT2D eigenvalue weighted by Crippen LogP contribution is -2.53. The van der Waals surface area contributed by atoms with Gasteiger partial charge in [0.1, 0.15) is 11.9 Å². The normalized spacial score (nSPS) is 21.6. The van der Waals surface area contributed by atoms with E-state index in [1.807, 2.05) is 23.1 Å². The van der Waals surface area contributed by atoms with Crippen molar-refractivity contribution in [1.29, 1.82) is 0 Å². The number of halogens is 3. The molecule has 2 aliphatic heterocycles. The molecule has 27 heavy (non-hydrogen) atoms. The van der Waals surface area contributed by atoms with Crippen molar-refractivity contribution in [2.45, 2.75) is 31.7 Å². The number of hydrogen-bond donors (Lipinski definition) is 0. The number of aromatic nitrogens is 2. The SMILES string of the molecule is CC(C1Cc2ccccc2O1)N1CCN(c2ccc(C(F)(F)F)nn2)CC1. The van der Waals surface area contributed by atoms with Crippen LogP contribution in [0.1, 0.15) is 18.2 Å². The number of anilines is 1. The highest BCUT2D eigenvalue weighted by molar-refractivity contribution is 5.39. The number of hydrogen-bond acceptors (Lipinski definition) is 5. The molecule has 0 saturated carbocycles. The molecule has 1 fully saturated rings. The van der Waals surface area contributed by atoms with Gasteiger partial charge in [-0.3, -0.25) is 4.90 Å². The van der Waals surface area contributed by atoms with Gasteiger partial charge >= 0.3 is 6.18 Å². The zero-order valence-corrected chi connectivity index (χ0v) is 15.0. The fraction of sp³-hybridized carbons (Fsp3) is 0.474. The largest absolute Gasteiger partial charge is 0.488 e. The number of fused-ring (bicyclic) bond motifs is 1. The average molecular weight is 378 g/mol. The minimum absolute atomic E-state index is 0.125. The second kappa shape index (κ2) is 6.99. The van der Waals surface area contributed by atoms with E-state index in [0.29, 0.717) is 18.9 Å². The lowest BCUT2D eigenvalue weighted by Gasteiger charge is -2.40. The number of benzene rings is 1. The van der Waals surface area contributed by atoms with E-state index in [9.17, 15) is 13.2 Å². The predicted molar refractivity (Wildman–Crippen MR) is 94.8 cm³/mol. The summed E-state index contributed by atoms with van der Waals surface area (Å²) in [5, 5.41) is 7.07. The first-order chi connectivity index (χ1) is 12.9. The van der Waals surface area contributed by atoms with E-state index in [1.54, 1.807) is 0 Å². The summed E-state index contributed by atoms with van der Waals surface area (Å²) in [5.74, 6) is 1.45. The van der Waals surface area contributed by atoms with Crippen LogP contribution in [0.2, 0.25) is 0 Å². The van der Waals surface area contributed by atoms with Crippen LogP contribution < -0.4 is 9.64 Å². The van der Waals surface area contributed by atoms with Crippen LogP contribution in [0.25, 0.3) is 0 Å². The van der Waals surface area contributed by atoms with Gasteiger partial charge in [-0.1, -0.05) is 18.2 Å². The van der Waals surface area contributed by atoms with E-state index in [2.05, 4.69) is 28.1 Å². The third kappa shape index (κ3) is 3.71. The van der Waals surface area contributed by atoms with Gasteiger partial charge in [0.05, 0.1) is 0 Å². The van der Waals surface area contributed by atoms with Gasteiger partial charge in [0.25, 0.3) is 0 Å². The fourth-order valence-electron chi connectivity index (χ4n) is 3.72. The molecule has 0 radical (unpaired) electrons. The first-order valence-electron chi connectivity index (χ1n) is 9.06. The molecule has 0 N–H and O–H groups in total. The summed E-state index contributed by atoms with van der Waals surface area (Å²) in [6.45, 7) is 5.18. The zero-order chi connectivity index (χ0) is 19.0. The summed E-state index contributed by atoms with van der Waals surface area (Å²) in [6.07, 6.45) is -3.43. The van der Waals surface area contributed by atoms with Crippen LogP contribution in [-0.2, 0) is 12.6 Å². The summed E-state index contributed by atoms with van der Waals surface area (Å²) < 4.78 is 43.9. The van der Waals surface area contributed by atoms with Gasteiger partial charge in [0.15, 0.2) is 11.5 Å². The average Bonchev–Trinajstić information content (AvgIpc) is 3.11. The van der Waals surface area contributed by atoms with Crippen molar-refractivity contribution < 1.29 is 17.9 Å². The molecule has 8 heteroatoms. The number of alkyl halides is 3. The highest BCUT2D eigenvalue weighted by atomic mass is 19.4. The van der Waals surface area contributed by atoms with Gasteiger partial charge in [-0.05, 0) is 30.7 Å². The predicted octanol–water partition coefficient (Wildman–Crippen LogP) is 3.01. The monoisotopic (exact) mass is 378 g/mol. The molecule has 1 aromatic heterocycles. The Morgan fingerprint density at radius 2 is 1.78 bits per heavy atom. The molecule has 1 saturated heterocycles. The fourth-order valence-corrected chi connectivity index (χ4v) is 3.72. The highest BCUT2D eigenvalue weighted by Crippen LogP contribution is 2.31. The van der Waals surface area contributed by atoms with Crippen LogP contribution in [0.4, 0.5) is 19.0 Å². The lowest BCUT2D eigenvalue weighted by molar-refractivity contribution is -0.141. The molecule has 144 valence electrons. The molecule has 2 unspecified atom stereocenters. The van der Waals surface area contributed by atoms with Crippen LogP contribution in [0.5, 0.6) is 5.75 Å². The second-order valence-corrected chi connectivity index (χ2v) is 7.01. The van der Waals surface area contributed by atoms with Crippen LogP contribution in [0, 0.1) is 0 Å². The number of rotatable bonds is 3. The summed E-state index contributed by atoms with van der Waals surface area (Å²) in [7, 11) is 0. The molecule has 0 spiro atoms. The minimum Gasteiger partial charge on any atom is -0.488 e. The highest BCUT2D eigenvalue weighted by Gasteiger charge is 2.34. The first-order valence-corrected chi connectivity index (χ1v) is 9.06. The molecular formula is C19H21F3N4O. The van der Waals surface area contributed by atoms with E-state index in [1.165, 1.54) is 11.6 Å². The van der Waals surface area contributed by atoms with Crippen molar-refractivity contribution in [3.05, 3.63) is 47.7 Å². The molecule has 2 aromatic rings. The second-order valence-electron chi connectivity index (χ2n) is 7.01. The molecule has 0 amide bonds. The van der Waals surface area contributed by atoms with Crippen molar-refractivity contribution in [2.24, 2.45) is 0 Å². The van der Waals surface area contributed by atoms with Crippen LogP contribution in [0.15, 0.2) is 36.4 Å². The van der Waals surface area contributed by atoms with Crippen LogP contribution >= 0.6 is 0 Å². The molecule has 1 aromatic carbocycles. The molecule has 3 heterocycles. The Morgan fingerprint density at radius 3 is 2.41 bits per heavy atom. The summed E-state index contributed by atoms with van der Waals surface area (Å²) in [4.78, 5) is 4.34. The van der Waals surface area contributed by atoms with E-state index in [0.717, 1.165) is 31.3 Å². The topological polar surface area (TPSA) is 41.5 Å². The van der Waals surface area contributed by atoms with Gasteiger partial charge in [0.2, 0.25) is 0 Å². The van der Waals surface area contributed by atoms with Gasteiger partial charge in [-0.2, -0.15) is 13.2 Å². The third-order valence-corrected chi connectivity index (χ3v) is 5.37. The standard InChI is InChI=1S/C19H21F3N4O/c1-13(16-12-14-4-2-3-5-15(14)27-16)25-8-10-26(11-9-25)18-7-6-17(23-24-18)19(20,21)22/h2-7,13,16H,8-12H2,1H3. The van der Waals surface area contributed by atoms with Crippen molar-refractivity contribution in [1.82, 2.24) is 15.1 Å². The molecule has 2 aliphatic rings. The maximum Gasteiger partial charge on any atom is 0.435 e. The Balaban J connectivity index is 1.34. The van der Waals surface area contributed by atoms with Crippen molar-refractivity contribution >= 4 is 5.82 Å². The number of nitrogens with zero attached hydrogens (tertiary/aromatic N) is 4. The Morgan fingerprint density at radius 1 is 1.04 bits per heavy atom. The van der Waals surface area contributed by atoms with Crippen molar-refractivity contribution in [2.75, 3.05) is 31.1 Å². The smallest absolute Gasteiger partial charge is 0.435 e. The minimum atomic E-state index is -4.46. The zero-order valence-electron chi connectivity index (χ0n) is 15.0. The summed E-state index contributed by atoms with van der Waals surface area (Å²) in [5.41, 5.74) is 0.282. The Hall–Kier alpha value is -2.35. The van der Waals surface area contributed by atoms with Gasteiger partial charge < -0.3 is 9.64 Å². The van der Waals surface area contributed by atoms with Gasteiger partial charge in [0, 0.05) is 38.6 Å². The number of ether oxygens (including phenoxy) is 1. The van der Waals surface area contributed by atoms with Crippen molar-refractivity contribution in [3.8, 4) is 5.75 Å². The van der Waals surface area contributed by atoms with E-state index < -0.39 is 11.9 Å². The maximum absolute atomic E-state index is 12.6. The molecule has 0 aliphatic carbocycles. The maximum atomic E-state index is 12.6. The third-order valence-electron chi connectivity index (χ3n) is 5.37. The Kier molecular flexibility index (Phi) is 4.67. The van der Waals surface area contributed by atoms with E-state index >= 15 is 0 Å². The van der Waals surface area contributed by atoms with Crippen molar-refractivity contribution in [3.63, 3.8) is 0 Å². The lowest BCUT2D eigenvalue weighted by atomic mass is 10.0. The van der Waals surface area contributed by atoms with Gasteiger partial charge in [-0.25, -0.2) is 0 Å². The molecule has 4 rings (SSSR count). The quantitative estimate of drug-likeness (QED) is 0.821. The molecule has 5 nitrogen and oxygen atoms in total. The Labute approximate surface area is 155 Å². The number of piperazine rings is 1. The van der Waals surface area contributed by atoms with Crippen LogP contribution in [0.3, 0.4) is 0 Å². The molecular weight excluding hydrogens is 357 g/mol. The first kappa shape index (κ1) is 18.0. The summed E-state index contributed by atoms with van der Waals surface area (Å²) >= 11 is 0. The Bertz CT molecular complexity index is 763. The summed E-state index contributed by atoms with van der Waals surface area (Å²) in [6, 6.07) is 10.8. The van der Waals surface area contributed by atoms with Gasteiger partial charge in [-0.15, -0.1) is 10.2 Å². The van der Waals surface area contributed by atoms with E-state index in [-0.39, 0.29) is 12.1 Å². The number of para-hydroxylation sites is 1. The molecule has 2 atom stereocenters. The van der Waals surface area contributed by atoms with E-state index in [4.69, 9.17) is 4.74 Å².